The van der Waals surface area contributed by atoms with Crippen LogP contribution in [0, 0.1) is 5.41 Å². The first-order valence-corrected chi connectivity index (χ1v) is 11.5. The number of hydrogen-bond acceptors (Lipinski definition) is 6. The van der Waals surface area contributed by atoms with Gasteiger partial charge in [0.1, 0.15) is 12.1 Å². The van der Waals surface area contributed by atoms with E-state index in [1.807, 2.05) is 5.43 Å². The van der Waals surface area contributed by atoms with Crippen molar-refractivity contribution < 1.29 is 32.7 Å². The SMILES string of the molecule is CC(C)(C)[C@H](NC(=O)c1ccc(N)c(Cl)c1)C(=O)NC(C(=O)NNCC(O)C(F)(F)F)c1ccccc1. The van der Waals surface area contributed by atoms with E-state index in [0.29, 0.717) is 5.56 Å². The summed E-state index contributed by atoms with van der Waals surface area (Å²) in [7, 11) is 0. The second-order valence-electron chi connectivity index (χ2n) is 9.29. The van der Waals surface area contributed by atoms with Crippen molar-refractivity contribution in [3.8, 4) is 0 Å². The Morgan fingerprint density at radius 1 is 1.00 bits per heavy atom. The van der Waals surface area contributed by atoms with Crippen molar-refractivity contribution in [3.63, 3.8) is 0 Å². The number of anilines is 1. The van der Waals surface area contributed by atoms with Gasteiger partial charge in [-0.05, 0) is 29.2 Å². The number of amides is 3. The van der Waals surface area contributed by atoms with Gasteiger partial charge in [0, 0.05) is 12.1 Å². The lowest BCUT2D eigenvalue weighted by molar-refractivity contribution is -0.202. The number of hydrazine groups is 1. The smallest absolute Gasteiger partial charge is 0.398 e. The molecule has 0 aromatic heterocycles. The largest absolute Gasteiger partial charge is 0.415 e. The highest BCUT2D eigenvalue weighted by atomic mass is 35.5. The Morgan fingerprint density at radius 2 is 1.62 bits per heavy atom. The van der Waals surface area contributed by atoms with Crippen LogP contribution in [0.5, 0.6) is 0 Å². The Kier molecular flexibility index (Phi) is 9.90. The van der Waals surface area contributed by atoms with Crippen LogP contribution in [0.25, 0.3) is 0 Å². The van der Waals surface area contributed by atoms with E-state index in [1.165, 1.54) is 30.3 Å². The van der Waals surface area contributed by atoms with Crippen LogP contribution < -0.4 is 27.2 Å². The zero-order valence-electron chi connectivity index (χ0n) is 20.3. The molecule has 0 radical (unpaired) electrons. The van der Waals surface area contributed by atoms with Crippen LogP contribution in [0.1, 0.15) is 42.7 Å². The number of halogens is 4. The fourth-order valence-electron chi connectivity index (χ4n) is 3.15. The van der Waals surface area contributed by atoms with Gasteiger partial charge in [-0.2, -0.15) is 13.2 Å². The first-order valence-electron chi connectivity index (χ1n) is 11.1. The maximum absolute atomic E-state index is 13.3. The zero-order valence-corrected chi connectivity index (χ0v) is 21.1. The summed E-state index contributed by atoms with van der Waals surface area (Å²) in [5, 5.41) is 14.5. The standard InChI is InChI=1S/C24H29ClF3N5O4/c1-23(2,3)19(32-20(35)14-9-10-16(29)15(25)11-14)22(37)31-18(13-7-5-4-6-8-13)21(36)33-30-12-17(34)24(26,27)28/h4-11,17-19,30,34H,12,29H2,1-3H3,(H,31,37)(H,32,35)(H,33,36)/t17?,18?,19-/m1/s1. The van der Waals surface area contributed by atoms with Gasteiger partial charge < -0.3 is 21.5 Å². The summed E-state index contributed by atoms with van der Waals surface area (Å²) in [6.07, 6.45) is -7.59. The van der Waals surface area contributed by atoms with Crippen LogP contribution in [0.3, 0.4) is 0 Å². The average molecular weight is 544 g/mol. The van der Waals surface area contributed by atoms with Gasteiger partial charge in [0.2, 0.25) is 5.91 Å². The molecular formula is C24H29ClF3N5O4. The van der Waals surface area contributed by atoms with Gasteiger partial charge in [0.25, 0.3) is 11.8 Å². The predicted octanol–water partition coefficient (Wildman–Crippen LogP) is 2.47. The Bertz CT molecular complexity index is 1110. The molecule has 13 heteroatoms. The second kappa shape index (κ2) is 12.3. The van der Waals surface area contributed by atoms with Crippen LogP contribution in [0.4, 0.5) is 18.9 Å². The number of nitrogen functional groups attached to an aromatic ring is 1. The summed E-state index contributed by atoms with van der Waals surface area (Å²) < 4.78 is 37.6. The summed E-state index contributed by atoms with van der Waals surface area (Å²) in [5.74, 6) is -2.22. The average Bonchev–Trinajstić information content (AvgIpc) is 2.81. The van der Waals surface area contributed by atoms with Crippen LogP contribution >= 0.6 is 11.6 Å². The minimum absolute atomic E-state index is 0.158. The van der Waals surface area contributed by atoms with Crippen LogP contribution in [-0.4, -0.2) is 47.7 Å². The molecule has 2 aromatic carbocycles. The van der Waals surface area contributed by atoms with Crippen LogP contribution in [0.2, 0.25) is 5.02 Å². The van der Waals surface area contributed by atoms with Crippen molar-refractivity contribution in [1.82, 2.24) is 21.5 Å². The number of alkyl halides is 3. The van der Waals surface area contributed by atoms with E-state index in [9.17, 15) is 27.6 Å². The normalized spacial score (nSPS) is 14.3. The molecule has 2 aromatic rings. The zero-order chi connectivity index (χ0) is 28.0. The third-order valence-electron chi connectivity index (χ3n) is 5.23. The fourth-order valence-corrected chi connectivity index (χ4v) is 3.33. The summed E-state index contributed by atoms with van der Waals surface area (Å²) in [6.45, 7) is 4.09. The molecule has 0 heterocycles. The fraction of sp³-hybridized carbons (Fsp3) is 0.375. The highest BCUT2D eigenvalue weighted by molar-refractivity contribution is 6.33. The molecule has 2 rings (SSSR count). The minimum atomic E-state index is -4.88. The van der Waals surface area contributed by atoms with Gasteiger partial charge in [-0.25, -0.2) is 5.43 Å². The van der Waals surface area contributed by atoms with Gasteiger partial charge in [0.05, 0.1) is 10.7 Å². The molecule has 37 heavy (non-hydrogen) atoms. The van der Waals surface area contributed by atoms with Crippen molar-refractivity contribution in [2.45, 2.75) is 45.1 Å². The monoisotopic (exact) mass is 543 g/mol. The number of carbonyl (C=O) groups excluding carboxylic acids is 3. The third-order valence-corrected chi connectivity index (χ3v) is 5.56. The van der Waals surface area contributed by atoms with Gasteiger partial charge in [0.15, 0.2) is 6.10 Å². The molecule has 0 bridgehead atoms. The van der Waals surface area contributed by atoms with E-state index in [-0.39, 0.29) is 16.3 Å². The molecule has 0 spiro atoms. The van der Waals surface area contributed by atoms with Crippen LogP contribution in [0.15, 0.2) is 48.5 Å². The molecule has 202 valence electrons. The van der Waals surface area contributed by atoms with E-state index < -0.39 is 54.0 Å². The third kappa shape index (κ3) is 8.62. The lowest BCUT2D eigenvalue weighted by Gasteiger charge is -2.32. The van der Waals surface area contributed by atoms with E-state index >= 15 is 0 Å². The van der Waals surface area contributed by atoms with E-state index in [2.05, 4.69) is 16.1 Å². The molecule has 0 saturated heterocycles. The quantitative estimate of drug-likeness (QED) is 0.212. The maximum Gasteiger partial charge on any atom is 0.415 e. The predicted molar refractivity (Wildman–Crippen MR) is 132 cm³/mol. The van der Waals surface area contributed by atoms with Crippen molar-refractivity contribution in [2.24, 2.45) is 5.41 Å². The maximum atomic E-state index is 13.3. The van der Waals surface area contributed by atoms with Crippen molar-refractivity contribution in [1.29, 1.82) is 0 Å². The molecule has 7 N–H and O–H groups in total. The molecule has 3 amide bonds. The summed E-state index contributed by atoms with van der Waals surface area (Å²) in [4.78, 5) is 39.0. The number of aliphatic hydroxyl groups excluding tert-OH is 1. The highest BCUT2D eigenvalue weighted by Crippen LogP contribution is 2.24. The molecule has 0 saturated carbocycles. The van der Waals surface area contributed by atoms with E-state index in [4.69, 9.17) is 22.4 Å². The topological polar surface area (TPSA) is 146 Å². The number of benzene rings is 2. The number of rotatable bonds is 9. The number of aliphatic hydroxyl groups is 1. The van der Waals surface area contributed by atoms with Gasteiger partial charge in [-0.3, -0.25) is 19.8 Å². The first-order chi connectivity index (χ1) is 17.1. The van der Waals surface area contributed by atoms with Crippen molar-refractivity contribution in [2.75, 3.05) is 12.3 Å². The van der Waals surface area contributed by atoms with Gasteiger partial charge in [-0.15, -0.1) is 0 Å². The Labute approximate surface area is 216 Å². The molecule has 9 nitrogen and oxygen atoms in total. The lowest BCUT2D eigenvalue weighted by atomic mass is 9.85. The summed E-state index contributed by atoms with van der Waals surface area (Å²) in [5.41, 5.74) is 9.72. The molecule has 0 fully saturated rings. The van der Waals surface area contributed by atoms with Gasteiger partial charge >= 0.3 is 6.18 Å². The number of nitrogens with two attached hydrogens (primary N) is 1. The molecule has 2 unspecified atom stereocenters. The van der Waals surface area contributed by atoms with E-state index in [0.717, 1.165) is 0 Å². The highest BCUT2D eigenvalue weighted by Gasteiger charge is 2.38. The first kappa shape index (κ1) is 29.9. The Hall–Kier alpha value is -3.35. The lowest BCUT2D eigenvalue weighted by Crippen LogP contribution is -2.56. The number of carbonyl (C=O) groups is 3. The van der Waals surface area contributed by atoms with Crippen molar-refractivity contribution in [3.05, 3.63) is 64.7 Å². The van der Waals surface area contributed by atoms with E-state index in [1.54, 1.807) is 39.0 Å². The Morgan fingerprint density at radius 3 is 2.16 bits per heavy atom. The Balaban J connectivity index is 2.22. The van der Waals surface area contributed by atoms with Gasteiger partial charge in [-0.1, -0.05) is 62.7 Å². The number of nitrogens with one attached hydrogen (secondary N) is 4. The molecular weight excluding hydrogens is 515 g/mol. The molecule has 3 atom stereocenters. The second-order valence-corrected chi connectivity index (χ2v) is 9.70. The summed E-state index contributed by atoms with van der Waals surface area (Å²) >= 11 is 5.99. The van der Waals surface area contributed by atoms with Crippen molar-refractivity contribution >= 4 is 35.0 Å². The molecule has 0 aliphatic heterocycles. The summed E-state index contributed by atoms with van der Waals surface area (Å²) in [6, 6.07) is 9.74. The van der Waals surface area contributed by atoms with Crippen LogP contribution in [-0.2, 0) is 9.59 Å². The molecule has 0 aliphatic rings. The minimum Gasteiger partial charge on any atom is -0.398 e. The molecule has 0 aliphatic carbocycles. The number of hydrogen-bond donors (Lipinski definition) is 6.